The number of aryl methyl sites for hydroxylation is 1. The highest BCUT2D eigenvalue weighted by molar-refractivity contribution is 7.89. The molecular formula is C16H24N2O4S. The molecule has 1 amide bonds. The Morgan fingerprint density at radius 1 is 1.35 bits per heavy atom. The van der Waals surface area contributed by atoms with Gasteiger partial charge in [-0.05, 0) is 38.3 Å². The standard InChI is InChI=1S/C16H24N2O4S/c1-13-4-6-14(7-5-13)23(21,22)18-11-3-9-16(20,12-18)10-8-15(19)17-2/h4-7,20H,3,8-12H2,1-2H3,(H,17,19)/t16-/m0/s1. The first-order chi connectivity index (χ1) is 10.8. The Balaban J connectivity index is 2.13. The van der Waals surface area contributed by atoms with Gasteiger partial charge in [0.2, 0.25) is 15.9 Å². The van der Waals surface area contributed by atoms with Gasteiger partial charge in [-0.25, -0.2) is 8.42 Å². The first-order valence-electron chi connectivity index (χ1n) is 7.77. The summed E-state index contributed by atoms with van der Waals surface area (Å²) in [5, 5.41) is 13.2. The maximum absolute atomic E-state index is 12.7. The second kappa shape index (κ2) is 6.98. The molecule has 1 aliphatic heterocycles. The number of nitrogens with one attached hydrogen (secondary N) is 1. The van der Waals surface area contributed by atoms with Crippen LogP contribution in [0.1, 0.15) is 31.2 Å². The maximum atomic E-state index is 12.7. The predicted molar refractivity (Wildman–Crippen MR) is 87.4 cm³/mol. The zero-order chi connectivity index (χ0) is 17.1. The molecule has 1 aromatic carbocycles. The van der Waals surface area contributed by atoms with Gasteiger partial charge in [-0.1, -0.05) is 17.7 Å². The van der Waals surface area contributed by atoms with Crippen LogP contribution in [0.2, 0.25) is 0 Å². The number of benzene rings is 1. The topological polar surface area (TPSA) is 86.7 Å². The molecule has 1 saturated heterocycles. The van der Waals surface area contributed by atoms with E-state index >= 15 is 0 Å². The number of hydrogen-bond donors (Lipinski definition) is 2. The van der Waals surface area contributed by atoms with Crippen molar-refractivity contribution in [1.29, 1.82) is 0 Å². The van der Waals surface area contributed by atoms with E-state index in [0.717, 1.165) is 5.56 Å². The molecule has 0 spiro atoms. The van der Waals surface area contributed by atoms with Gasteiger partial charge in [-0.3, -0.25) is 4.79 Å². The van der Waals surface area contributed by atoms with Crippen LogP contribution in [0, 0.1) is 6.92 Å². The fraction of sp³-hybridized carbons (Fsp3) is 0.562. The lowest BCUT2D eigenvalue weighted by atomic mass is 9.89. The van der Waals surface area contributed by atoms with E-state index in [1.165, 1.54) is 4.31 Å². The summed E-state index contributed by atoms with van der Waals surface area (Å²) in [5.74, 6) is -0.156. The molecule has 6 nitrogen and oxygen atoms in total. The van der Waals surface area contributed by atoms with Crippen LogP contribution in [0.5, 0.6) is 0 Å². The molecule has 2 rings (SSSR count). The highest BCUT2D eigenvalue weighted by Crippen LogP contribution is 2.29. The van der Waals surface area contributed by atoms with Crippen molar-refractivity contribution in [3.8, 4) is 0 Å². The van der Waals surface area contributed by atoms with Crippen LogP contribution in [0.25, 0.3) is 0 Å². The smallest absolute Gasteiger partial charge is 0.243 e. The zero-order valence-electron chi connectivity index (χ0n) is 13.6. The van der Waals surface area contributed by atoms with Crippen LogP contribution < -0.4 is 5.32 Å². The van der Waals surface area contributed by atoms with E-state index < -0.39 is 15.6 Å². The minimum Gasteiger partial charge on any atom is -0.388 e. The van der Waals surface area contributed by atoms with Crippen molar-refractivity contribution in [2.75, 3.05) is 20.1 Å². The number of hydrogen-bond acceptors (Lipinski definition) is 4. The van der Waals surface area contributed by atoms with Crippen LogP contribution in [0.4, 0.5) is 0 Å². The van der Waals surface area contributed by atoms with Gasteiger partial charge >= 0.3 is 0 Å². The Kier molecular flexibility index (Phi) is 5.44. The number of rotatable bonds is 5. The molecule has 128 valence electrons. The zero-order valence-corrected chi connectivity index (χ0v) is 14.4. The molecular weight excluding hydrogens is 316 g/mol. The van der Waals surface area contributed by atoms with Gasteiger partial charge in [0.1, 0.15) is 0 Å². The number of sulfonamides is 1. The summed E-state index contributed by atoms with van der Waals surface area (Å²) in [6.07, 6.45) is 1.53. The van der Waals surface area contributed by atoms with Gasteiger partial charge in [-0.2, -0.15) is 4.31 Å². The summed E-state index contributed by atoms with van der Waals surface area (Å²) in [5.41, 5.74) is -0.160. The third-order valence-corrected chi connectivity index (χ3v) is 6.13. The van der Waals surface area contributed by atoms with E-state index in [-0.39, 0.29) is 30.2 Å². The quantitative estimate of drug-likeness (QED) is 0.838. The molecule has 1 atom stereocenters. The average molecular weight is 340 g/mol. The fourth-order valence-corrected chi connectivity index (χ4v) is 4.37. The summed E-state index contributed by atoms with van der Waals surface area (Å²) in [4.78, 5) is 11.6. The van der Waals surface area contributed by atoms with Gasteiger partial charge in [0.15, 0.2) is 0 Å². The largest absolute Gasteiger partial charge is 0.388 e. The van der Waals surface area contributed by atoms with Crippen molar-refractivity contribution in [1.82, 2.24) is 9.62 Å². The lowest BCUT2D eigenvalue weighted by Gasteiger charge is -2.38. The van der Waals surface area contributed by atoms with Crippen molar-refractivity contribution in [2.45, 2.75) is 43.1 Å². The first kappa shape index (κ1) is 17.9. The molecule has 0 bridgehead atoms. The molecule has 0 saturated carbocycles. The van der Waals surface area contributed by atoms with Crippen molar-refractivity contribution in [3.63, 3.8) is 0 Å². The number of carbonyl (C=O) groups is 1. The molecule has 7 heteroatoms. The molecule has 0 aliphatic carbocycles. The highest BCUT2D eigenvalue weighted by atomic mass is 32.2. The van der Waals surface area contributed by atoms with E-state index in [4.69, 9.17) is 0 Å². The maximum Gasteiger partial charge on any atom is 0.243 e. The summed E-state index contributed by atoms with van der Waals surface area (Å²) in [6, 6.07) is 6.69. The molecule has 2 N–H and O–H groups in total. The lowest BCUT2D eigenvalue weighted by molar-refractivity contribution is -0.122. The summed E-state index contributed by atoms with van der Waals surface area (Å²) < 4.78 is 26.8. The first-order valence-corrected chi connectivity index (χ1v) is 9.21. The Morgan fingerprint density at radius 2 is 2.00 bits per heavy atom. The fourth-order valence-electron chi connectivity index (χ4n) is 2.81. The minimum absolute atomic E-state index is 0.0280. The molecule has 23 heavy (non-hydrogen) atoms. The number of amides is 1. The molecule has 0 unspecified atom stereocenters. The second-order valence-corrected chi connectivity index (χ2v) is 8.09. The Labute approximate surface area is 137 Å². The van der Waals surface area contributed by atoms with Crippen LogP contribution in [-0.2, 0) is 14.8 Å². The number of piperidine rings is 1. The number of carbonyl (C=O) groups excluding carboxylic acids is 1. The van der Waals surface area contributed by atoms with Crippen molar-refractivity contribution >= 4 is 15.9 Å². The van der Waals surface area contributed by atoms with Crippen LogP contribution in [0.15, 0.2) is 29.2 Å². The number of aliphatic hydroxyl groups is 1. The third kappa shape index (κ3) is 4.31. The Bertz CT molecular complexity index is 657. The van der Waals surface area contributed by atoms with E-state index in [2.05, 4.69) is 5.32 Å². The third-order valence-electron chi connectivity index (χ3n) is 4.28. The number of β-amino-alcohol motifs (C(OH)–C–C–N with tert-alkyl or cyclic N) is 1. The normalized spacial score (nSPS) is 22.7. The second-order valence-electron chi connectivity index (χ2n) is 6.15. The number of nitrogens with zero attached hydrogens (tertiary/aromatic N) is 1. The van der Waals surface area contributed by atoms with Gasteiger partial charge in [0, 0.05) is 26.6 Å². The molecule has 1 aliphatic rings. The monoisotopic (exact) mass is 340 g/mol. The lowest BCUT2D eigenvalue weighted by Crippen LogP contribution is -2.50. The van der Waals surface area contributed by atoms with Gasteiger partial charge in [0.05, 0.1) is 10.5 Å². The Hall–Kier alpha value is -1.44. The summed E-state index contributed by atoms with van der Waals surface area (Å²) >= 11 is 0. The molecule has 1 aromatic rings. The van der Waals surface area contributed by atoms with E-state index in [9.17, 15) is 18.3 Å². The summed E-state index contributed by atoms with van der Waals surface area (Å²) in [6.45, 7) is 2.31. The highest BCUT2D eigenvalue weighted by Gasteiger charge is 2.38. The molecule has 1 heterocycles. The molecule has 0 radical (unpaired) electrons. The van der Waals surface area contributed by atoms with Gasteiger partial charge in [0.25, 0.3) is 0 Å². The van der Waals surface area contributed by atoms with Gasteiger partial charge in [-0.15, -0.1) is 0 Å². The average Bonchev–Trinajstić information content (AvgIpc) is 2.53. The van der Waals surface area contributed by atoms with Crippen molar-refractivity contribution in [2.24, 2.45) is 0 Å². The van der Waals surface area contributed by atoms with Gasteiger partial charge < -0.3 is 10.4 Å². The SMILES string of the molecule is CNC(=O)CC[C@@]1(O)CCCN(S(=O)(=O)c2ccc(C)cc2)C1. The van der Waals surface area contributed by atoms with Crippen LogP contribution >= 0.6 is 0 Å². The molecule has 1 fully saturated rings. The summed E-state index contributed by atoms with van der Waals surface area (Å²) in [7, 11) is -2.08. The van der Waals surface area contributed by atoms with E-state index in [0.29, 0.717) is 19.4 Å². The van der Waals surface area contributed by atoms with E-state index in [1.807, 2.05) is 6.92 Å². The molecule has 0 aromatic heterocycles. The van der Waals surface area contributed by atoms with E-state index in [1.54, 1.807) is 31.3 Å². The minimum atomic E-state index is -3.62. The predicted octanol–water partition coefficient (Wildman–Crippen LogP) is 1.04. The van der Waals surface area contributed by atoms with Crippen molar-refractivity contribution < 1.29 is 18.3 Å². The van der Waals surface area contributed by atoms with Crippen molar-refractivity contribution in [3.05, 3.63) is 29.8 Å². The van der Waals surface area contributed by atoms with Crippen LogP contribution in [-0.4, -0.2) is 49.5 Å². The Morgan fingerprint density at radius 3 is 2.61 bits per heavy atom. The van der Waals surface area contributed by atoms with Crippen LogP contribution in [0.3, 0.4) is 0 Å².